The Morgan fingerprint density at radius 3 is 2.68 bits per heavy atom. The van der Waals surface area contributed by atoms with E-state index >= 15 is 0 Å². The maximum Gasteiger partial charge on any atom is 0.129 e. The van der Waals surface area contributed by atoms with E-state index in [1.165, 1.54) is 11.6 Å². The lowest BCUT2D eigenvalue weighted by molar-refractivity contribution is 0.588. The normalized spacial score (nSPS) is 10.1. The van der Waals surface area contributed by atoms with Crippen molar-refractivity contribution in [3.8, 4) is 6.07 Å². The predicted molar refractivity (Wildman–Crippen MR) is 70.8 cm³/mol. The van der Waals surface area contributed by atoms with Crippen LogP contribution >= 0.6 is 0 Å². The number of hydrogen-bond acceptors (Lipinski definition) is 3. The molecule has 2 rings (SSSR count). The first-order chi connectivity index (χ1) is 9.29. The van der Waals surface area contributed by atoms with Crippen molar-refractivity contribution in [2.45, 2.75) is 13.0 Å². The van der Waals surface area contributed by atoms with E-state index in [4.69, 9.17) is 5.26 Å². The number of benzene rings is 1. The van der Waals surface area contributed by atoms with Gasteiger partial charge in [-0.1, -0.05) is 6.07 Å². The molecule has 96 valence electrons. The summed E-state index contributed by atoms with van der Waals surface area (Å²) in [6, 6.07) is 10.4. The van der Waals surface area contributed by atoms with Crippen LogP contribution in [-0.2, 0) is 13.0 Å². The van der Waals surface area contributed by atoms with E-state index in [2.05, 4.69) is 10.3 Å². The molecule has 0 unspecified atom stereocenters. The lowest BCUT2D eigenvalue weighted by Crippen LogP contribution is -2.17. The number of aromatic nitrogens is 1. The summed E-state index contributed by atoms with van der Waals surface area (Å²) in [7, 11) is 0. The van der Waals surface area contributed by atoms with Crippen LogP contribution in [0.25, 0.3) is 0 Å². The van der Waals surface area contributed by atoms with Gasteiger partial charge < -0.3 is 5.32 Å². The Labute approximate surface area is 111 Å². The molecule has 1 heterocycles. The molecule has 2 aromatic rings. The zero-order chi connectivity index (χ0) is 13.5. The second-order valence-corrected chi connectivity index (χ2v) is 4.20. The van der Waals surface area contributed by atoms with Gasteiger partial charge in [-0.25, -0.2) is 4.39 Å². The summed E-state index contributed by atoms with van der Waals surface area (Å²) in [5, 5.41) is 11.8. The van der Waals surface area contributed by atoms with E-state index in [0.29, 0.717) is 17.7 Å². The van der Waals surface area contributed by atoms with Crippen LogP contribution in [0.1, 0.15) is 16.7 Å². The van der Waals surface area contributed by atoms with Crippen molar-refractivity contribution in [3.05, 3.63) is 65.2 Å². The van der Waals surface area contributed by atoms with Crippen LogP contribution in [0.3, 0.4) is 0 Å². The Bertz CT molecular complexity index is 576. The van der Waals surface area contributed by atoms with E-state index in [9.17, 15) is 4.39 Å². The fourth-order valence-electron chi connectivity index (χ4n) is 1.77. The smallest absolute Gasteiger partial charge is 0.129 e. The third kappa shape index (κ3) is 3.87. The van der Waals surface area contributed by atoms with Crippen molar-refractivity contribution in [1.29, 1.82) is 5.26 Å². The van der Waals surface area contributed by atoms with Gasteiger partial charge in [0.2, 0.25) is 0 Å². The van der Waals surface area contributed by atoms with E-state index in [-0.39, 0.29) is 5.82 Å². The van der Waals surface area contributed by atoms with Crippen LogP contribution in [0.15, 0.2) is 42.7 Å². The minimum Gasteiger partial charge on any atom is -0.312 e. The highest BCUT2D eigenvalue weighted by Crippen LogP contribution is 2.09. The third-order valence-electron chi connectivity index (χ3n) is 2.84. The molecular weight excluding hydrogens is 241 g/mol. The summed E-state index contributed by atoms with van der Waals surface area (Å²) in [5.74, 6) is -0.338. The van der Waals surface area contributed by atoms with Crippen molar-refractivity contribution in [3.63, 3.8) is 0 Å². The molecule has 4 heteroatoms. The highest BCUT2D eigenvalue weighted by Gasteiger charge is 2.02. The number of hydrogen-bond donors (Lipinski definition) is 1. The molecule has 0 fully saturated rings. The van der Waals surface area contributed by atoms with Gasteiger partial charge in [0.05, 0.1) is 11.6 Å². The number of nitrogens with one attached hydrogen (secondary N) is 1. The number of pyridine rings is 1. The maximum absolute atomic E-state index is 13.6. The van der Waals surface area contributed by atoms with Crippen LogP contribution in [-0.4, -0.2) is 11.5 Å². The molecule has 0 saturated heterocycles. The molecule has 0 aliphatic carbocycles. The molecule has 0 aliphatic heterocycles. The van der Waals surface area contributed by atoms with Crippen molar-refractivity contribution in [1.82, 2.24) is 10.3 Å². The summed E-state index contributed by atoms with van der Waals surface area (Å²) in [6.07, 6.45) is 4.39. The largest absolute Gasteiger partial charge is 0.312 e. The number of rotatable bonds is 5. The van der Waals surface area contributed by atoms with Crippen LogP contribution in [0, 0.1) is 17.1 Å². The number of nitriles is 1. The predicted octanol–water partition coefficient (Wildman–Crippen LogP) is 2.42. The van der Waals surface area contributed by atoms with Crippen LogP contribution in [0.2, 0.25) is 0 Å². The zero-order valence-corrected chi connectivity index (χ0v) is 10.4. The second-order valence-electron chi connectivity index (χ2n) is 4.20. The monoisotopic (exact) mass is 255 g/mol. The van der Waals surface area contributed by atoms with Gasteiger partial charge in [-0.3, -0.25) is 4.98 Å². The number of nitrogens with zero attached hydrogens (tertiary/aromatic N) is 2. The van der Waals surface area contributed by atoms with E-state index in [0.717, 1.165) is 13.0 Å². The molecule has 0 radical (unpaired) electrons. The van der Waals surface area contributed by atoms with Gasteiger partial charge in [0, 0.05) is 24.5 Å². The van der Waals surface area contributed by atoms with Crippen molar-refractivity contribution < 1.29 is 4.39 Å². The lowest BCUT2D eigenvalue weighted by atomic mass is 10.1. The topological polar surface area (TPSA) is 48.7 Å². The fourth-order valence-corrected chi connectivity index (χ4v) is 1.77. The molecule has 0 saturated carbocycles. The first kappa shape index (κ1) is 13.2. The Morgan fingerprint density at radius 1 is 1.21 bits per heavy atom. The van der Waals surface area contributed by atoms with Crippen LogP contribution in [0.5, 0.6) is 0 Å². The van der Waals surface area contributed by atoms with E-state index in [1.807, 2.05) is 18.2 Å². The fraction of sp³-hybridized carbons (Fsp3) is 0.200. The van der Waals surface area contributed by atoms with Crippen LogP contribution in [0.4, 0.5) is 4.39 Å². The second kappa shape index (κ2) is 6.62. The average molecular weight is 255 g/mol. The SMILES string of the molecule is N#Cc1ccc(CNCCc2ccncc2)c(F)c1. The summed E-state index contributed by atoms with van der Waals surface area (Å²) in [6.45, 7) is 1.23. The minimum atomic E-state index is -0.338. The Balaban J connectivity index is 1.82. The molecule has 0 aliphatic rings. The van der Waals surface area contributed by atoms with Crippen LogP contribution < -0.4 is 5.32 Å². The van der Waals surface area contributed by atoms with E-state index in [1.54, 1.807) is 24.5 Å². The summed E-state index contributed by atoms with van der Waals surface area (Å²) < 4.78 is 13.6. The highest BCUT2D eigenvalue weighted by molar-refractivity contribution is 5.32. The maximum atomic E-state index is 13.6. The van der Waals surface area contributed by atoms with Gasteiger partial charge in [-0.2, -0.15) is 5.26 Å². The average Bonchev–Trinajstić information content (AvgIpc) is 2.46. The summed E-state index contributed by atoms with van der Waals surface area (Å²) in [5.41, 5.74) is 2.12. The Morgan fingerprint density at radius 2 is 2.00 bits per heavy atom. The first-order valence-electron chi connectivity index (χ1n) is 6.08. The lowest BCUT2D eigenvalue weighted by Gasteiger charge is -2.06. The van der Waals surface area contributed by atoms with Crippen molar-refractivity contribution in [2.24, 2.45) is 0 Å². The van der Waals surface area contributed by atoms with Crippen molar-refractivity contribution in [2.75, 3.05) is 6.54 Å². The number of halogens is 1. The molecule has 1 aromatic heterocycles. The standard InChI is InChI=1S/C15H14FN3/c16-15-9-13(10-17)1-2-14(15)11-19-8-5-12-3-6-18-7-4-12/h1-4,6-7,9,19H,5,8,11H2. The molecule has 0 spiro atoms. The Hall–Kier alpha value is -2.25. The molecule has 0 bridgehead atoms. The Kier molecular flexibility index (Phi) is 4.60. The van der Waals surface area contributed by atoms with Gasteiger partial charge in [-0.15, -0.1) is 0 Å². The van der Waals surface area contributed by atoms with Gasteiger partial charge >= 0.3 is 0 Å². The first-order valence-corrected chi connectivity index (χ1v) is 6.08. The van der Waals surface area contributed by atoms with Crippen molar-refractivity contribution >= 4 is 0 Å². The molecular formula is C15H14FN3. The van der Waals surface area contributed by atoms with Gasteiger partial charge in [0.15, 0.2) is 0 Å². The van der Waals surface area contributed by atoms with Gasteiger partial charge in [0.1, 0.15) is 5.82 Å². The molecule has 0 amide bonds. The molecule has 1 aromatic carbocycles. The van der Waals surface area contributed by atoms with E-state index < -0.39 is 0 Å². The third-order valence-corrected chi connectivity index (χ3v) is 2.84. The van der Waals surface area contributed by atoms with Gasteiger partial charge in [-0.05, 0) is 42.8 Å². The quantitative estimate of drug-likeness (QED) is 0.835. The molecule has 1 N–H and O–H groups in total. The van der Waals surface area contributed by atoms with Gasteiger partial charge in [0.25, 0.3) is 0 Å². The highest BCUT2D eigenvalue weighted by atomic mass is 19.1. The summed E-state index contributed by atoms with van der Waals surface area (Å²) >= 11 is 0. The molecule has 19 heavy (non-hydrogen) atoms. The minimum absolute atomic E-state index is 0.338. The zero-order valence-electron chi connectivity index (χ0n) is 10.4. The molecule has 0 atom stereocenters. The summed E-state index contributed by atoms with van der Waals surface area (Å²) in [4.78, 5) is 3.95. The molecule has 3 nitrogen and oxygen atoms in total.